The minimum Gasteiger partial charge on any atom is -0.309 e. The maximum Gasteiger partial charge on any atom is 0.141 e. The van der Waals surface area contributed by atoms with Gasteiger partial charge in [-0.25, -0.2) is 0 Å². The van der Waals surface area contributed by atoms with Gasteiger partial charge in [-0.2, -0.15) is 0 Å². The van der Waals surface area contributed by atoms with Crippen molar-refractivity contribution in [2.45, 2.75) is 12.8 Å². The number of carbonyl (C=O) groups is 1. The van der Waals surface area contributed by atoms with Crippen LogP contribution >= 0.6 is 0 Å². The number of hydrogen-bond acceptors (Lipinski definition) is 2. The van der Waals surface area contributed by atoms with Crippen LogP contribution in [0.1, 0.15) is 12.8 Å². The molecule has 0 fully saturated rings. The van der Waals surface area contributed by atoms with E-state index in [-0.39, 0.29) is 0 Å². The Kier molecular flexibility index (Phi) is 0.963. The summed E-state index contributed by atoms with van der Waals surface area (Å²) in [6, 6.07) is 0. The molecule has 0 spiro atoms. The van der Waals surface area contributed by atoms with Gasteiger partial charge in [0.2, 0.25) is 0 Å². The largest absolute Gasteiger partial charge is 0.309 e. The summed E-state index contributed by atoms with van der Waals surface area (Å²) in [6.07, 6.45) is 1.45. The standard InChI is InChI=1S/C7H9NO/c9-7-1-5-3-8-4-6(5)2-7/h8H,1-4H2. The smallest absolute Gasteiger partial charge is 0.141 e. The van der Waals surface area contributed by atoms with E-state index in [1.165, 1.54) is 11.1 Å². The molecule has 0 saturated heterocycles. The van der Waals surface area contributed by atoms with Crippen molar-refractivity contribution < 1.29 is 4.79 Å². The van der Waals surface area contributed by atoms with Gasteiger partial charge in [0.15, 0.2) is 0 Å². The third-order valence-corrected chi connectivity index (χ3v) is 2.00. The van der Waals surface area contributed by atoms with Crippen molar-refractivity contribution in [1.29, 1.82) is 0 Å². The lowest BCUT2D eigenvalue weighted by Gasteiger charge is -1.93. The average Bonchev–Trinajstić information content (AvgIpc) is 2.22. The van der Waals surface area contributed by atoms with Crippen molar-refractivity contribution in [1.82, 2.24) is 5.32 Å². The Bertz CT molecular complexity index is 175. The first kappa shape index (κ1) is 5.18. The Hall–Kier alpha value is -0.630. The maximum atomic E-state index is 10.8. The molecule has 1 N–H and O–H groups in total. The fourth-order valence-electron chi connectivity index (χ4n) is 1.53. The van der Waals surface area contributed by atoms with Crippen molar-refractivity contribution in [3.63, 3.8) is 0 Å². The fourth-order valence-corrected chi connectivity index (χ4v) is 1.53. The third kappa shape index (κ3) is 0.704. The molecule has 0 aromatic carbocycles. The molecule has 1 heterocycles. The zero-order chi connectivity index (χ0) is 6.27. The lowest BCUT2D eigenvalue weighted by atomic mass is 10.2. The van der Waals surface area contributed by atoms with E-state index in [9.17, 15) is 4.79 Å². The summed E-state index contributed by atoms with van der Waals surface area (Å²) in [5.41, 5.74) is 2.72. The number of carbonyl (C=O) groups excluding carboxylic acids is 1. The van der Waals surface area contributed by atoms with Gasteiger partial charge in [-0.05, 0) is 11.1 Å². The van der Waals surface area contributed by atoms with Gasteiger partial charge in [-0.3, -0.25) is 4.79 Å². The van der Waals surface area contributed by atoms with Gasteiger partial charge in [0.25, 0.3) is 0 Å². The molecule has 2 rings (SSSR count). The zero-order valence-electron chi connectivity index (χ0n) is 5.24. The maximum absolute atomic E-state index is 10.8. The molecule has 0 aromatic heterocycles. The summed E-state index contributed by atoms with van der Waals surface area (Å²) in [7, 11) is 0. The van der Waals surface area contributed by atoms with Gasteiger partial charge < -0.3 is 5.32 Å². The van der Waals surface area contributed by atoms with Crippen LogP contribution in [0.3, 0.4) is 0 Å². The Morgan fingerprint density at radius 2 is 1.67 bits per heavy atom. The van der Waals surface area contributed by atoms with Gasteiger partial charge in [0, 0.05) is 25.9 Å². The molecule has 2 nitrogen and oxygen atoms in total. The lowest BCUT2D eigenvalue weighted by Crippen LogP contribution is -2.12. The molecule has 1 aliphatic carbocycles. The highest BCUT2D eigenvalue weighted by atomic mass is 16.1. The Morgan fingerprint density at radius 1 is 1.11 bits per heavy atom. The predicted molar refractivity (Wildman–Crippen MR) is 34.1 cm³/mol. The van der Waals surface area contributed by atoms with Crippen LogP contribution in [0.4, 0.5) is 0 Å². The zero-order valence-corrected chi connectivity index (χ0v) is 5.24. The average molecular weight is 123 g/mol. The number of nitrogens with one attached hydrogen (secondary N) is 1. The molecule has 2 heteroatoms. The molecule has 0 amide bonds. The van der Waals surface area contributed by atoms with Crippen LogP contribution in [0.2, 0.25) is 0 Å². The van der Waals surface area contributed by atoms with E-state index >= 15 is 0 Å². The van der Waals surface area contributed by atoms with Crippen LogP contribution in [-0.4, -0.2) is 18.9 Å². The van der Waals surface area contributed by atoms with Gasteiger partial charge in [0.05, 0.1) is 0 Å². The van der Waals surface area contributed by atoms with E-state index in [2.05, 4.69) is 5.32 Å². The minimum absolute atomic E-state index is 0.404. The van der Waals surface area contributed by atoms with Gasteiger partial charge in [-0.15, -0.1) is 0 Å². The second-order valence-corrected chi connectivity index (χ2v) is 2.70. The molecule has 1 aliphatic heterocycles. The molecule has 0 saturated carbocycles. The highest BCUT2D eigenvalue weighted by Gasteiger charge is 2.24. The van der Waals surface area contributed by atoms with Crippen LogP contribution < -0.4 is 5.32 Å². The van der Waals surface area contributed by atoms with Crippen LogP contribution in [0.5, 0.6) is 0 Å². The minimum atomic E-state index is 0.404. The number of Topliss-reactive ketones (excluding diaryl/α,β-unsaturated/α-hetero) is 1. The molecule has 0 unspecified atom stereocenters. The molecule has 0 aromatic rings. The Morgan fingerprint density at radius 3 is 2.22 bits per heavy atom. The van der Waals surface area contributed by atoms with Crippen molar-refractivity contribution in [2.75, 3.05) is 13.1 Å². The molecule has 0 radical (unpaired) electrons. The van der Waals surface area contributed by atoms with E-state index < -0.39 is 0 Å². The van der Waals surface area contributed by atoms with Crippen LogP contribution in [0, 0.1) is 0 Å². The topological polar surface area (TPSA) is 29.1 Å². The monoisotopic (exact) mass is 123 g/mol. The van der Waals surface area contributed by atoms with Crippen molar-refractivity contribution in [3.8, 4) is 0 Å². The number of rotatable bonds is 0. The van der Waals surface area contributed by atoms with Gasteiger partial charge >= 0.3 is 0 Å². The Balaban J connectivity index is 2.23. The van der Waals surface area contributed by atoms with Crippen LogP contribution in [0.15, 0.2) is 11.1 Å². The molecule has 0 atom stereocenters. The summed E-state index contributed by atoms with van der Waals surface area (Å²) in [4.78, 5) is 10.8. The first-order valence-corrected chi connectivity index (χ1v) is 3.28. The van der Waals surface area contributed by atoms with Crippen molar-refractivity contribution in [2.24, 2.45) is 0 Å². The quantitative estimate of drug-likeness (QED) is 0.468. The summed E-state index contributed by atoms with van der Waals surface area (Å²) in [5, 5.41) is 3.22. The summed E-state index contributed by atoms with van der Waals surface area (Å²) in [6.45, 7) is 1.92. The molecule has 0 bridgehead atoms. The summed E-state index contributed by atoms with van der Waals surface area (Å²) >= 11 is 0. The highest BCUT2D eigenvalue weighted by Crippen LogP contribution is 2.25. The molecular formula is C7H9NO. The predicted octanol–water partition coefficient (Wildman–Crippen LogP) is 0.249. The van der Waals surface area contributed by atoms with Crippen LogP contribution in [-0.2, 0) is 4.79 Å². The summed E-state index contributed by atoms with van der Waals surface area (Å²) in [5.74, 6) is 0.404. The first-order valence-electron chi connectivity index (χ1n) is 3.28. The normalized spacial score (nSPS) is 25.6. The lowest BCUT2D eigenvalue weighted by molar-refractivity contribution is -0.117. The molecule has 9 heavy (non-hydrogen) atoms. The van der Waals surface area contributed by atoms with E-state index in [4.69, 9.17) is 0 Å². The second kappa shape index (κ2) is 1.67. The van der Waals surface area contributed by atoms with E-state index in [1.807, 2.05) is 0 Å². The van der Waals surface area contributed by atoms with E-state index in [1.54, 1.807) is 0 Å². The second-order valence-electron chi connectivity index (χ2n) is 2.70. The summed E-state index contributed by atoms with van der Waals surface area (Å²) < 4.78 is 0. The third-order valence-electron chi connectivity index (χ3n) is 2.00. The fraction of sp³-hybridized carbons (Fsp3) is 0.571. The molecular weight excluding hydrogens is 114 g/mol. The first-order chi connectivity index (χ1) is 4.36. The van der Waals surface area contributed by atoms with E-state index in [0.717, 1.165) is 25.9 Å². The molecule has 2 aliphatic rings. The number of hydrogen-bond donors (Lipinski definition) is 1. The van der Waals surface area contributed by atoms with Crippen LogP contribution in [0.25, 0.3) is 0 Å². The van der Waals surface area contributed by atoms with Gasteiger partial charge in [-0.1, -0.05) is 0 Å². The van der Waals surface area contributed by atoms with Gasteiger partial charge in [0.1, 0.15) is 5.78 Å². The van der Waals surface area contributed by atoms with Crippen molar-refractivity contribution in [3.05, 3.63) is 11.1 Å². The SMILES string of the molecule is O=C1CC2=C(CNC2)C1. The van der Waals surface area contributed by atoms with E-state index in [0.29, 0.717) is 5.78 Å². The highest BCUT2D eigenvalue weighted by molar-refractivity contribution is 5.87. The number of ketones is 1. The Labute approximate surface area is 53.9 Å². The molecule has 48 valence electrons. The van der Waals surface area contributed by atoms with Crippen molar-refractivity contribution >= 4 is 5.78 Å².